The summed E-state index contributed by atoms with van der Waals surface area (Å²) in [5, 5.41) is 4.26. The first kappa shape index (κ1) is 13.6. The summed E-state index contributed by atoms with van der Waals surface area (Å²) in [6.45, 7) is 3.10. The molecule has 0 aromatic carbocycles. The molecule has 1 aromatic rings. The van der Waals surface area contributed by atoms with Crippen LogP contribution in [-0.4, -0.2) is 35.5 Å². The molecule has 4 nitrogen and oxygen atoms in total. The molecule has 2 rings (SSSR count). The average molecular weight is 267 g/mol. The van der Waals surface area contributed by atoms with Crippen molar-refractivity contribution in [2.75, 3.05) is 24.7 Å². The number of ether oxygens (including phenoxy) is 1. The molecule has 0 radical (unpaired) electrons. The van der Waals surface area contributed by atoms with Crippen LogP contribution in [0.2, 0.25) is 0 Å². The van der Waals surface area contributed by atoms with Crippen LogP contribution in [0.25, 0.3) is 0 Å². The Balaban J connectivity index is 2.05. The molecule has 0 spiro atoms. The van der Waals surface area contributed by atoms with Crippen molar-refractivity contribution in [3.8, 4) is 0 Å². The fourth-order valence-corrected chi connectivity index (χ4v) is 3.26. The highest BCUT2D eigenvalue weighted by Gasteiger charge is 2.17. The lowest BCUT2D eigenvalue weighted by molar-refractivity contribution is 0.129. The van der Waals surface area contributed by atoms with E-state index < -0.39 is 0 Å². The smallest absolute Gasteiger partial charge is 0.133 e. The summed E-state index contributed by atoms with van der Waals surface area (Å²) < 4.78 is 5.65. The first-order valence-electron chi connectivity index (χ1n) is 6.61. The number of anilines is 1. The van der Waals surface area contributed by atoms with Gasteiger partial charge in [0.25, 0.3) is 0 Å². The van der Waals surface area contributed by atoms with Gasteiger partial charge >= 0.3 is 0 Å². The van der Waals surface area contributed by atoms with E-state index >= 15 is 0 Å². The summed E-state index contributed by atoms with van der Waals surface area (Å²) in [5.74, 6) is 1.96. The number of nitrogens with one attached hydrogen (secondary N) is 1. The standard InChI is InChI=1S/C13H21N3OS/c1-3-5-11-12(14-2)15-9-16-13(11)18-8-10-6-4-7-17-10/h9-10H,3-8H2,1-2H3,(H,14,15,16). The van der Waals surface area contributed by atoms with Crippen molar-refractivity contribution in [1.29, 1.82) is 0 Å². The van der Waals surface area contributed by atoms with Gasteiger partial charge in [-0.25, -0.2) is 9.97 Å². The largest absolute Gasteiger partial charge is 0.377 e. The summed E-state index contributed by atoms with van der Waals surface area (Å²) in [6, 6.07) is 0. The Labute approximate surface area is 113 Å². The van der Waals surface area contributed by atoms with Gasteiger partial charge in [-0.15, -0.1) is 11.8 Å². The number of rotatable bonds is 6. The molecule has 1 aromatic heterocycles. The van der Waals surface area contributed by atoms with Crippen molar-refractivity contribution in [3.05, 3.63) is 11.9 Å². The second-order valence-corrected chi connectivity index (χ2v) is 5.46. The minimum Gasteiger partial charge on any atom is -0.377 e. The monoisotopic (exact) mass is 267 g/mol. The molecule has 100 valence electrons. The third kappa shape index (κ3) is 3.36. The molecule has 1 atom stereocenters. The molecule has 2 heterocycles. The normalized spacial score (nSPS) is 19.1. The lowest BCUT2D eigenvalue weighted by Crippen LogP contribution is -2.09. The Morgan fingerprint density at radius 3 is 3.06 bits per heavy atom. The summed E-state index contributed by atoms with van der Waals surface area (Å²) in [6.07, 6.45) is 6.54. The Kier molecular flexibility index (Phi) is 5.26. The Bertz CT molecular complexity index is 380. The van der Waals surface area contributed by atoms with E-state index in [0.29, 0.717) is 6.10 Å². The van der Waals surface area contributed by atoms with Gasteiger partial charge in [0.1, 0.15) is 17.2 Å². The fourth-order valence-electron chi connectivity index (χ4n) is 2.16. The highest BCUT2D eigenvalue weighted by Crippen LogP contribution is 2.28. The van der Waals surface area contributed by atoms with Gasteiger partial charge in [-0.1, -0.05) is 13.3 Å². The predicted octanol–water partition coefficient (Wildman–Crippen LogP) is 2.74. The molecular weight excluding hydrogens is 246 g/mol. The van der Waals surface area contributed by atoms with Gasteiger partial charge in [-0.3, -0.25) is 0 Å². The van der Waals surface area contributed by atoms with E-state index in [1.807, 2.05) is 7.05 Å². The van der Waals surface area contributed by atoms with Crippen molar-refractivity contribution in [2.24, 2.45) is 0 Å². The average Bonchev–Trinajstić information content (AvgIpc) is 2.91. The molecule has 1 unspecified atom stereocenters. The molecule has 1 fully saturated rings. The maximum Gasteiger partial charge on any atom is 0.133 e. The highest BCUT2D eigenvalue weighted by molar-refractivity contribution is 7.99. The van der Waals surface area contributed by atoms with Crippen LogP contribution in [0.3, 0.4) is 0 Å². The first-order chi connectivity index (χ1) is 8.85. The predicted molar refractivity (Wildman–Crippen MR) is 75.3 cm³/mol. The Morgan fingerprint density at radius 2 is 2.39 bits per heavy atom. The van der Waals surface area contributed by atoms with E-state index in [4.69, 9.17) is 4.74 Å². The molecule has 0 bridgehead atoms. The van der Waals surface area contributed by atoms with Crippen molar-refractivity contribution >= 4 is 17.6 Å². The molecule has 0 saturated carbocycles. The molecule has 5 heteroatoms. The van der Waals surface area contributed by atoms with Crippen molar-refractivity contribution in [3.63, 3.8) is 0 Å². The fraction of sp³-hybridized carbons (Fsp3) is 0.692. The molecule has 0 amide bonds. The van der Waals surface area contributed by atoms with Crippen LogP contribution >= 0.6 is 11.8 Å². The van der Waals surface area contributed by atoms with Crippen molar-refractivity contribution in [1.82, 2.24) is 9.97 Å². The van der Waals surface area contributed by atoms with Crippen LogP contribution < -0.4 is 5.32 Å². The quantitative estimate of drug-likeness (QED) is 0.634. The minimum absolute atomic E-state index is 0.400. The van der Waals surface area contributed by atoms with Crippen molar-refractivity contribution < 1.29 is 4.74 Å². The van der Waals surface area contributed by atoms with E-state index in [-0.39, 0.29) is 0 Å². The molecule has 18 heavy (non-hydrogen) atoms. The minimum atomic E-state index is 0.400. The third-order valence-corrected chi connectivity index (χ3v) is 4.24. The van der Waals surface area contributed by atoms with Gasteiger partial charge in [0.15, 0.2) is 0 Å². The summed E-state index contributed by atoms with van der Waals surface area (Å²) in [4.78, 5) is 8.71. The second kappa shape index (κ2) is 6.95. The zero-order valence-corrected chi connectivity index (χ0v) is 11.9. The van der Waals surface area contributed by atoms with E-state index in [9.17, 15) is 0 Å². The number of aromatic nitrogens is 2. The number of hydrogen-bond acceptors (Lipinski definition) is 5. The molecule has 0 aliphatic carbocycles. The van der Waals surface area contributed by atoms with Gasteiger partial charge in [-0.2, -0.15) is 0 Å². The van der Waals surface area contributed by atoms with Gasteiger partial charge in [0, 0.05) is 25.0 Å². The maximum atomic E-state index is 5.65. The van der Waals surface area contributed by atoms with Gasteiger partial charge in [0.05, 0.1) is 6.10 Å². The van der Waals surface area contributed by atoms with Crippen LogP contribution in [0.15, 0.2) is 11.4 Å². The second-order valence-electron chi connectivity index (χ2n) is 4.45. The third-order valence-electron chi connectivity index (χ3n) is 3.07. The number of nitrogens with zero attached hydrogens (tertiary/aromatic N) is 2. The van der Waals surface area contributed by atoms with Gasteiger partial charge < -0.3 is 10.1 Å². The van der Waals surface area contributed by atoms with Crippen LogP contribution in [0.5, 0.6) is 0 Å². The van der Waals surface area contributed by atoms with Crippen LogP contribution in [0.4, 0.5) is 5.82 Å². The van der Waals surface area contributed by atoms with E-state index in [2.05, 4.69) is 22.2 Å². The topological polar surface area (TPSA) is 47.0 Å². The van der Waals surface area contributed by atoms with Gasteiger partial charge in [0.2, 0.25) is 0 Å². The lowest BCUT2D eigenvalue weighted by Gasteiger charge is -2.13. The maximum absolute atomic E-state index is 5.65. The Morgan fingerprint density at radius 1 is 1.50 bits per heavy atom. The van der Waals surface area contributed by atoms with Crippen molar-refractivity contribution in [2.45, 2.75) is 43.7 Å². The molecule has 1 aliphatic rings. The van der Waals surface area contributed by atoms with Crippen LogP contribution in [-0.2, 0) is 11.2 Å². The Hall–Kier alpha value is -0.810. The zero-order valence-electron chi connectivity index (χ0n) is 11.1. The van der Waals surface area contributed by atoms with Gasteiger partial charge in [-0.05, 0) is 19.3 Å². The molecule has 1 N–H and O–H groups in total. The number of hydrogen-bond donors (Lipinski definition) is 1. The lowest BCUT2D eigenvalue weighted by atomic mass is 10.2. The molecular formula is C13H21N3OS. The van der Waals surface area contributed by atoms with E-state index in [1.54, 1.807) is 18.1 Å². The highest BCUT2D eigenvalue weighted by atomic mass is 32.2. The van der Waals surface area contributed by atoms with Crippen LogP contribution in [0, 0.1) is 0 Å². The summed E-state index contributed by atoms with van der Waals surface area (Å²) in [5.41, 5.74) is 1.24. The summed E-state index contributed by atoms with van der Waals surface area (Å²) in [7, 11) is 1.91. The van der Waals surface area contributed by atoms with E-state index in [1.165, 1.54) is 18.4 Å². The summed E-state index contributed by atoms with van der Waals surface area (Å²) >= 11 is 1.80. The van der Waals surface area contributed by atoms with Crippen LogP contribution in [0.1, 0.15) is 31.7 Å². The molecule has 1 saturated heterocycles. The number of thioether (sulfide) groups is 1. The SMILES string of the molecule is CCCc1c(NC)ncnc1SCC1CCCO1. The molecule has 1 aliphatic heterocycles. The van der Waals surface area contributed by atoms with E-state index in [0.717, 1.165) is 36.0 Å². The first-order valence-corrected chi connectivity index (χ1v) is 7.59. The zero-order chi connectivity index (χ0) is 12.8.